The van der Waals surface area contributed by atoms with Crippen LogP contribution in [0.3, 0.4) is 0 Å². The van der Waals surface area contributed by atoms with Gasteiger partial charge in [0.1, 0.15) is 11.1 Å². The predicted octanol–water partition coefficient (Wildman–Crippen LogP) is 4.12. The van der Waals surface area contributed by atoms with Crippen LogP contribution in [-0.4, -0.2) is 30.2 Å². The maximum Gasteiger partial charge on any atom is 0.231 e. The molecule has 146 valence electrons. The molecular formula is C21H23N3O3S. The van der Waals surface area contributed by atoms with Gasteiger partial charge in [-0.1, -0.05) is 18.9 Å². The van der Waals surface area contributed by atoms with Crippen molar-refractivity contribution < 1.29 is 14.3 Å². The number of nitrogens with one attached hydrogen (secondary N) is 1. The van der Waals surface area contributed by atoms with Gasteiger partial charge in [-0.05, 0) is 42.0 Å². The van der Waals surface area contributed by atoms with E-state index in [1.54, 1.807) is 6.07 Å². The molecule has 1 fully saturated rings. The molecule has 0 unspecified atom stereocenters. The van der Waals surface area contributed by atoms with Gasteiger partial charge >= 0.3 is 0 Å². The molecule has 4 rings (SSSR count). The molecule has 28 heavy (non-hydrogen) atoms. The highest BCUT2D eigenvalue weighted by Gasteiger charge is 2.24. The Bertz CT molecular complexity index is 883. The molecule has 2 aromatic rings. The van der Waals surface area contributed by atoms with Crippen LogP contribution >= 0.6 is 11.3 Å². The number of hydrogen-bond acceptors (Lipinski definition) is 6. The van der Waals surface area contributed by atoms with Crippen molar-refractivity contribution in [3.8, 4) is 17.6 Å². The van der Waals surface area contributed by atoms with E-state index in [1.807, 2.05) is 17.5 Å². The molecule has 0 bridgehead atoms. The van der Waals surface area contributed by atoms with Gasteiger partial charge in [0.25, 0.3) is 0 Å². The van der Waals surface area contributed by atoms with Gasteiger partial charge in [-0.15, -0.1) is 11.3 Å². The largest absolute Gasteiger partial charge is 0.454 e. The van der Waals surface area contributed by atoms with Crippen LogP contribution < -0.4 is 14.8 Å². The van der Waals surface area contributed by atoms with Gasteiger partial charge in [0.2, 0.25) is 12.7 Å². The Labute approximate surface area is 168 Å². The van der Waals surface area contributed by atoms with Crippen LogP contribution in [-0.2, 0) is 11.3 Å². The number of amides is 1. The molecule has 0 radical (unpaired) electrons. The van der Waals surface area contributed by atoms with Crippen molar-refractivity contribution in [3.63, 3.8) is 0 Å². The van der Waals surface area contributed by atoms with Crippen LogP contribution in [0.25, 0.3) is 0 Å². The maximum absolute atomic E-state index is 12.4. The minimum atomic E-state index is -0.0485. The molecule has 2 heterocycles. The highest BCUT2D eigenvalue weighted by molar-refractivity contribution is 7.14. The van der Waals surface area contributed by atoms with Gasteiger partial charge < -0.3 is 14.8 Å². The fourth-order valence-electron chi connectivity index (χ4n) is 3.86. The second-order valence-corrected chi connectivity index (χ2v) is 8.09. The number of benzene rings is 1. The topological polar surface area (TPSA) is 74.6 Å². The highest BCUT2D eigenvalue weighted by atomic mass is 32.1. The fourth-order valence-corrected chi connectivity index (χ4v) is 4.62. The molecule has 0 atom stereocenters. The summed E-state index contributed by atoms with van der Waals surface area (Å²) in [5, 5.41) is 14.4. The first-order valence-corrected chi connectivity index (χ1v) is 10.5. The van der Waals surface area contributed by atoms with Crippen LogP contribution in [0, 0.1) is 11.3 Å². The van der Waals surface area contributed by atoms with Crippen molar-refractivity contribution in [2.75, 3.05) is 18.7 Å². The molecule has 7 heteroatoms. The number of nitriles is 1. The Morgan fingerprint density at radius 1 is 1.25 bits per heavy atom. The van der Waals surface area contributed by atoms with Gasteiger partial charge in [0, 0.05) is 25.6 Å². The van der Waals surface area contributed by atoms with E-state index >= 15 is 0 Å². The molecule has 1 saturated carbocycles. The summed E-state index contributed by atoms with van der Waals surface area (Å²) < 4.78 is 10.9. The molecule has 1 aromatic heterocycles. The summed E-state index contributed by atoms with van der Waals surface area (Å²) in [6, 6.07) is 10.4. The highest BCUT2D eigenvalue weighted by Crippen LogP contribution is 2.33. The Morgan fingerprint density at radius 3 is 2.89 bits per heavy atom. The average molecular weight is 398 g/mol. The SMILES string of the molecule is N#Cc1ccsc1NC(=O)CCN(Cc1ccc2c(c1)OCO2)C1CCCC1. The molecule has 0 saturated heterocycles. The lowest BCUT2D eigenvalue weighted by atomic mass is 10.1. The number of fused-ring (bicyclic) bond motifs is 1. The van der Waals surface area contributed by atoms with Crippen molar-refractivity contribution in [2.24, 2.45) is 0 Å². The van der Waals surface area contributed by atoms with E-state index in [2.05, 4.69) is 22.4 Å². The van der Waals surface area contributed by atoms with Gasteiger partial charge in [-0.3, -0.25) is 9.69 Å². The molecular weight excluding hydrogens is 374 g/mol. The number of nitrogens with zero attached hydrogens (tertiary/aromatic N) is 2. The summed E-state index contributed by atoms with van der Waals surface area (Å²) in [6.07, 6.45) is 5.25. The molecule has 2 aliphatic rings. The lowest BCUT2D eigenvalue weighted by Crippen LogP contribution is -2.35. The lowest BCUT2D eigenvalue weighted by molar-refractivity contribution is -0.116. The van der Waals surface area contributed by atoms with Crippen molar-refractivity contribution in [3.05, 3.63) is 40.8 Å². The predicted molar refractivity (Wildman–Crippen MR) is 108 cm³/mol. The van der Waals surface area contributed by atoms with Gasteiger partial charge in [-0.2, -0.15) is 5.26 Å². The average Bonchev–Trinajstić information content (AvgIpc) is 3.45. The molecule has 1 amide bonds. The third-order valence-electron chi connectivity index (χ3n) is 5.33. The van der Waals surface area contributed by atoms with E-state index in [4.69, 9.17) is 14.7 Å². The molecule has 1 N–H and O–H groups in total. The Balaban J connectivity index is 1.39. The molecule has 1 aliphatic heterocycles. The van der Waals surface area contributed by atoms with E-state index in [-0.39, 0.29) is 12.7 Å². The van der Waals surface area contributed by atoms with Crippen LogP contribution in [0.4, 0.5) is 5.00 Å². The maximum atomic E-state index is 12.4. The summed E-state index contributed by atoms with van der Waals surface area (Å²) >= 11 is 1.38. The summed E-state index contributed by atoms with van der Waals surface area (Å²) in [7, 11) is 0. The molecule has 1 aliphatic carbocycles. The number of thiophene rings is 1. The zero-order valence-electron chi connectivity index (χ0n) is 15.6. The first kappa shape index (κ1) is 18.8. The first-order valence-electron chi connectivity index (χ1n) is 9.63. The third kappa shape index (κ3) is 4.29. The summed E-state index contributed by atoms with van der Waals surface area (Å²) in [6.45, 7) is 1.76. The Kier molecular flexibility index (Phi) is 5.79. The van der Waals surface area contributed by atoms with Gasteiger partial charge in [0.15, 0.2) is 11.5 Å². The van der Waals surface area contributed by atoms with Crippen LogP contribution in [0.1, 0.15) is 43.2 Å². The zero-order chi connectivity index (χ0) is 19.3. The monoisotopic (exact) mass is 397 g/mol. The Hall–Kier alpha value is -2.56. The first-order chi connectivity index (χ1) is 13.7. The van der Waals surface area contributed by atoms with Crippen molar-refractivity contribution in [1.82, 2.24) is 4.90 Å². The zero-order valence-corrected chi connectivity index (χ0v) is 16.5. The lowest BCUT2D eigenvalue weighted by Gasteiger charge is -2.28. The second-order valence-electron chi connectivity index (χ2n) is 7.17. The number of rotatable bonds is 7. The van der Waals surface area contributed by atoms with E-state index in [0.29, 0.717) is 29.6 Å². The van der Waals surface area contributed by atoms with Crippen LogP contribution in [0.5, 0.6) is 11.5 Å². The van der Waals surface area contributed by atoms with Crippen molar-refractivity contribution >= 4 is 22.2 Å². The van der Waals surface area contributed by atoms with Crippen LogP contribution in [0.15, 0.2) is 29.6 Å². The number of hydrogen-bond donors (Lipinski definition) is 1. The van der Waals surface area contributed by atoms with Crippen LogP contribution in [0.2, 0.25) is 0 Å². The fraction of sp³-hybridized carbons (Fsp3) is 0.429. The molecule has 0 spiro atoms. The van der Waals surface area contributed by atoms with E-state index in [9.17, 15) is 4.79 Å². The van der Waals surface area contributed by atoms with E-state index in [0.717, 1.165) is 18.0 Å². The summed E-state index contributed by atoms with van der Waals surface area (Å²) in [5.74, 6) is 1.54. The van der Waals surface area contributed by atoms with Crippen molar-refractivity contribution in [2.45, 2.75) is 44.7 Å². The van der Waals surface area contributed by atoms with Gasteiger partial charge in [-0.25, -0.2) is 0 Å². The van der Waals surface area contributed by atoms with Gasteiger partial charge in [0.05, 0.1) is 5.56 Å². The Morgan fingerprint density at radius 2 is 2.07 bits per heavy atom. The quantitative estimate of drug-likeness (QED) is 0.761. The van der Waals surface area contributed by atoms with Crippen molar-refractivity contribution in [1.29, 1.82) is 5.26 Å². The third-order valence-corrected chi connectivity index (χ3v) is 6.16. The number of carbonyl (C=O) groups is 1. The van der Waals surface area contributed by atoms with E-state index < -0.39 is 0 Å². The normalized spacial score (nSPS) is 15.7. The summed E-state index contributed by atoms with van der Waals surface area (Å²) in [5.41, 5.74) is 1.69. The number of anilines is 1. The van der Waals surface area contributed by atoms with E-state index in [1.165, 1.54) is 42.6 Å². The minimum absolute atomic E-state index is 0.0485. The standard InChI is InChI=1S/C21H23N3O3S/c22-12-16-8-10-28-21(16)23-20(25)7-9-24(17-3-1-2-4-17)13-15-5-6-18-19(11-15)27-14-26-18/h5-6,8,10-11,17H,1-4,7,9,13-14H2,(H,23,25). The second kappa shape index (κ2) is 8.63. The summed E-state index contributed by atoms with van der Waals surface area (Å²) in [4.78, 5) is 14.8. The molecule has 1 aromatic carbocycles. The molecule has 6 nitrogen and oxygen atoms in total. The number of carbonyl (C=O) groups excluding carboxylic acids is 1. The minimum Gasteiger partial charge on any atom is -0.454 e. The smallest absolute Gasteiger partial charge is 0.231 e. The number of ether oxygens (including phenoxy) is 2.